The summed E-state index contributed by atoms with van der Waals surface area (Å²) < 4.78 is 6.16. The quantitative estimate of drug-likeness (QED) is 0.296. The lowest BCUT2D eigenvalue weighted by molar-refractivity contribution is 0.101. The summed E-state index contributed by atoms with van der Waals surface area (Å²) in [6, 6.07) is 27.2. The Hall–Kier alpha value is -3.36. The molecule has 0 aliphatic rings. The van der Waals surface area contributed by atoms with Crippen molar-refractivity contribution >= 4 is 39.1 Å². The Balaban J connectivity index is 1.84. The Morgan fingerprint density at radius 1 is 0.828 bits per heavy atom. The average molecular weight is 397 g/mol. The number of benzene rings is 4. The van der Waals surface area contributed by atoms with Crippen LogP contribution in [0.4, 0.5) is 0 Å². The highest BCUT2D eigenvalue weighted by Gasteiger charge is 2.24. The maximum absolute atomic E-state index is 13.4. The lowest BCUT2D eigenvalue weighted by atomic mass is 9.95. The van der Waals surface area contributed by atoms with Gasteiger partial charge in [-0.25, -0.2) is 0 Å². The van der Waals surface area contributed by atoms with Gasteiger partial charge in [0.2, 0.25) is 5.78 Å². The molecule has 5 rings (SSSR count). The topological polar surface area (TPSA) is 30.2 Å². The summed E-state index contributed by atoms with van der Waals surface area (Å²) in [6.45, 7) is 2.00. The van der Waals surface area contributed by atoms with Crippen molar-refractivity contribution in [3.05, 3.63) is 107 Å². The molecule has 0 aliphatic heterocycles. The molecular weight excluding hydrogens is 380 g/mol. The molecule has 2 nitrogen and oxygen atoms in total. The zero-order valence-electron chi connectivity index (χ0n) is 15.8. The van der Waals surface area contributed by atoms with E-state index in [2.05, 4.69) is 12.1 Å². The van der Waals surface area contributed by atoms with E-state index in [-0.39, 0.29) is 5.78 Å². The molecule has 0 atom stereocenters. The second kappa shape index (κ2) is 6.91. The first-order valence-electron chi connectivity index (χ1n) is 9.43. The van der Waals surface area contributed by atoms with Crippen LogP contribution in [0.3, 0.4) is 0 Å². The van der Waals surface area contributed by atoms with Crippen LogP contribution in [-0.4, -0.2) is 5.78 Å². The first-order valence-corrected chi connectivity index (χ1v) is 9.81. The molecule has 0 bridgehead atoms. The molecule has 0 amide bonds. The van der Waals surface area contributed by atoms with Gasteiger partial charge < -0.3 is 4.42 Å². The summed E-state index contributed by atoms with van der Waals surface area (Å²) in [5.74, 6) is 0.220. The Bertz CT molecular complexity index is 1360. The van der Waals surface area contributed by atoms with E-state index in [4.69, 9.17) is 16.0 Å². The van der Waals surface area contributed by atoms with Crippen molar-refractivity contribution in [1.82, 2.24) is 0 Å². The number of furan rings is 1. The van der Waals surface area contributed by atoms with Crippen LogP contribution in [0.1, 0.15) is 21.7 Å². The second-order valence-electron chi connectivity index (χ2n) is 7.17. The molecule has 0 saturated heterocycles. The first kappa shape index (κ1) is 17.7. The van der Waals surface area contributed by atoms with Crippen molar-refractivity contribution in [2.24, 2.45) is 0 Å². The lowest BCUT2D eigenvalue weighted by Gasteiger charge is -2.06. The van der Waals surface area contributed by atoms with Crippen LogP contribution in [0.2, 0.25) is 5.02 Å². The smallest absolute Gasteiger partial charge is 0.228 e. The van der Waals surface area contributed by atoms with E-state index in [1.807, 2.05) is 79.7 Å². The molecule has 0 radical (unpaired) electrons. The van der Waals surface area contributed by atoms with Crippen molar-refractivity contribution < 1.29 is 9.21 Å². The zero-order valence-corrected chi connectivity index (χ0v) is 16.5. The Morgan fingerprint density at radius 2 is 1.55 bits per heavy atom. The van der Waals surface area contributed by atoms with Crippen molar-refractivity contribution in [3.8, 4) is 11.1 Å². The maximum atomic E-state index is 13.4. The SMILES string of the molecule is Cc1ccc(C(=O)c2oc3ccc4ccccc4c3c2-c2ccc(Cl)cc2)cc1. The number of fused-ring (bicyclic) bond motifs is 3. The fourth-order valence-electron chi connectivity index (χ4n) is 3.76. The number of ketones is 1. The van der Waals surface area contributed by atoms with Crippen LogP contribution >= 0.6 is 11.6 Å². The van der Waals surface area contributed by atoms with Gasteiger partial charge in [0, 0.05) is 21.5 Å². The summed E-state index contributed by atoms with van der Waals surface area (Å²) in [6.07, 6.45) is 0. The molecule has 0 spiro atoms. The molecule has 140 valence electrons. The molecule has 1 heterocycles. The van der Waals surface area contributed by atoms with E-state index in [1.54, 1.807) is 0 Å². The average Bonchev–Trinajstić information content (AvgIpc) is 3.14. The van der Waals surface area contributed by atoms with E-state index >= 15 is 0 Å². The van der Waals surface area contributed by atoms with Crippen LogP contribution in [0.25, 0.3) is 32.9 Å². The maximum Gasteiger partial charge on any atom is 0.228 e. The van der Waals surface area contributed by atoms with Crippen molar-refractivity contribution in [2.45, 2.75) is 6.92 Å². The van der Waals surface area contributed by atoms with Crippen LogP contribution in [0.15, 0.2) is 89.3 Å². The Morgan fingerprint density at radius 3 is 2.31 bits per heavy atom. The van der Waals surface area contributed by atoms with Gasteiger partial charge in [-0.05, 0) is 41.5 Å². The summed E-state index contributed by atoms with van der Waals surface area (Å²) in [4.78, 5) is 13.4. The summed E-state index contributed by atoms with van der Waals surface area (Å²) in [5.41, 5.74) is 4.12. The van der Waals surface area contributed by atoms with Crippen molar-refractivity contribution in [3.63, 3.8) is 0 Å². The first-order chi connectivity index (χ1) is 14.1. The molecular formula is C26H17ClO2. The Labute approximate surface area is 173 Å². The molecule has 0 N–H and O–H groups in total. The molecule has 0 fully saturated rings. The van der Waals surface area contributed by atoms with Gasteiger partial charge in [0.1, 0.15) is 5.58 Å². The molecule has 0 saturated carbocycles. The van der Waals surface area contributed by atoms with Gasteiger partial charge in [-0.2, -0.15) is 0 Å². The highest BCUT2D eigenvalue weighted by atomic mass is 35.5. The van der Waals surface area contributed by atoms with E-state index in [0.717, 1.165) is 32.8 Å². The summed E-state index contributed by atoms with van der Waals surface area (Å²) in [7, 11) is 0. The predicted octanol–water partition coefficient (Wildman–Crippen LogP) is 7.45. The zero-order chi connectivity index (χ0) is 20.0. The third kappa shape index (κ3) is 3.02. The standard InChI is InChI=1S/C26H17ClO2/c1-16-6-8-19(9-7-16)25(28)26-23(18-10-13-20(27)14-11-18)24-21-5-3-2-4-17(21)12-15-22(24)29-26/h2-15H,1H3. The van der Waals surface area contributed by atoms with E-state index in [9.17, 15) is 4.79 Å². The van der Waals surface area contributed by atoms with Crippen LogP contribution < -0.4 is 0 Å². The highest BCUT2D eigenvalue weighted by molar-refractivity contribution is 6.30. The highest BCUT2D eigenvalue weighted by Crippen LogP contribution is 2.40. The molecule has 4 aromatic carbocycles. The van der Waals surface area contributed by atoms with Gasteiger partial charge in [0.15, 0.2) is 5.76 Å². The summed E-state index contributed by atoms with van der Waals surface area (Å²) in [5, 5.41) is 3.76. The third-order valence-electron chi connectivity index (χ3n) is 5.23. The van der Waals surface area contributed by atoms with Gasteiger partial charge in [0.25, 0.3) is 0 Å². The van der Waals surface area contributed by atoms with Gasteiger partial charge in [0.05, 0.1) is 0 Å². The normalized spacial score (nSPS) is 11.2. The largest absolute Gasteiger partial charge is 0.452 e. The number of hydrogen-bond donors (Lipinski definition) is 0. The number of halogens is 1. The molecule has 0 aliphatic carbocycles. The van der Waals surface area contributed by atoms with E-state index in [0.29, 0.717) is 21.9 Å². The molecule has 0 unspecified atom stereocenters. The number of rotatable bonds is 3. The van der Waals surface area contributed by atoms with Gasteiger partial charge in [-0.3, -0.25) is 4.79 Å². The number of carbonyl (C=O) groups is 1. The number of hydrogen-bond acceptors (Lipinski definition) is 2. The minimum Gasteiger partial charge on any atom is -0.452 e. The van der Waals surface area contributed by atoms with Gasteiger partial charge >= 0.3 is 0 Å². The fourth-order valence-corrected chi connectivity index (χ4v) is 3.88. The minimum absolute atomic E-state index is 0.129. The van der Waals surface area contributed by atoms with Crippen LogP contribution in [0, 0.1) is 6.92 Å². The lowest BCUT2D eigenvalue weighted by Crippen LogP contribution is -2.01. The Kier molecular flexibility index (Phi) is 4.22. The van der Waals surface area contributed by atoms with Gasteiger partial charge in [-0.15, -0.1) is 0 Å². The predicted molar refractivity (Wildman–Crippen MR) is 119 cm³/mol. The number of aryl methyl sites for hydroxylation is 1. The van der Waals surface area contributed by atoms with Crippen LogP contribution in [0.5, 0.6) is 0 Å². The van der Waals surface area contributed by atoms with Crippen LogP contribution in [-0.2, 0) is 0 Å². The van der Waals surface area contributed by atoms with E-state index in [1.165, 1.54) is 0 Å². The van der Waals surface area contributed by atoms with Crippen molar-refractivity contribution in [2.75, 3.05) is 0 Å². The molecule has 3 heteroatoms. The van der Waals surface area contributed by atoms with Gasteiger partial charge in [-0.1, -0.05) is 83.9 Å². The minimum atomic E-state index is -0.129. The second-order valence-corrected chi connectivity index (χ2v) is 7.60. The fraction of sp³-hybridized carbons (Fsp3) is 0.0385. The number of carbonyl (C=O) groups excluding carboxylic acids is 1. The molecule has 29 heavy (non-hydrogen) atoms. The van der Waals surface area contributed by atoms with E-state index < -0.39 is 0 Å². The monoisotopic (exact) mass is 396 g/mol. The van der Waals surface area contributed by atoms with Crippen molar-refractivity contribution in [1.29, 1.82) is 0 Å². The molecule has 1 aromatic heterocycles. The molecule has 5 aromatic rings. The summed E-state index contributed by atoms with van der Waals surface area (Å²) >= 11 is 6.11. The third-order valence-corrected chi connectivity index (χ3v) is 5.48.